The molecule has 0 aliphatic carbocycles. The topological polar surface area (TPSA) is 35.6 Å². The molecule has 0 atom stereocenters. The molecule has 4 aromatic heterocycles. The van der Waals surface area contributed by atoms with Crippen LogP contribution >= 0.6 is 0 Å². The predicted molar refractivity (Wildman–Crippen MR) is 207 cm³/mol. The number of nitrogens with zero attached hydrogens (tertiary/aromatic N) is 4. The van der Waals surface area contributed by atoms with E-state index in [2.05, 4.69) is 173 Å². The van der Waals surface area contributed by atoms with Crippen LogP contribution in [-0.2, 0) is 0 Å². The van der Waals surface area contributed by atoms with Gasteiger partial charge in [0.2, 0.25) is 0 Å². The Morgan fingerprint density at radius 2 is 1.08 bits per heavy atom. The largest absolute Gasteiger partial charge is 0.308 e. The number of hydrogen-bond acceptors (Lipinski definition) is 2. The SMILES string of the molecule is c1ccc(-c2cc(-c3ccccc3)nc(-n3c4ccccc4c4cccc(-c5ccc6c(c5)c5ncccc5n6-c5ccccc5)c43)c2)cc1. The molecule has 0 N–H and O–H groups in total. The third-order valence-electron chi connectivity index (χ3n) is 9.76. The van der Waals surface area contributed by atoms with E-state index < -0.39 is 0 Å². The molecule has 0 unspecified atom stereocenters. The standard InChI is InChI=1S/C46H30N4/c1-4-14-31(15-5-1)34-29-40(32-16-6-2-7-17-32)48-44(30-34)50-41-23-11-10-20-37(41)38-22-12-21-36(46(38)50)33-25-26-42-39(28-33)45-43(24-13-27-47-45)49(42)35-18-8-3-9-19-35/h1-30H. The average Bonchev–Trinajstić information content (AvgIpc) is 3.71. The van der Waals surface area contributed by atoms with Gasteiger partial charge >= 0.3 is 0 Å². The molecule has 0 amide bonds. The van der Waals surface area contributed by atoms with E-state index in [1.54, 1.807) is 0 Å². The van der Waals surface area contributed by atoms with Gasteiger partial charge in [0.15, 0.2) is 0 Å². The summed E-state index contributed by atoms with van der Waals surface area (Å²) in [7, 11) is 0. The maximum absolute atomic E-state index is 5.38. The van der Waals surface area contributed by atoms with Gasteiger partial charge in [-0.1, -0.05) is 121 Å². The fourth-order valence-corrected chi connectivity index (χ4v) is 7.53. The third kappa shape index (κ3) is 4.46. The molecular formula is C46H30N4. The van der Waals surface area contributed by atoms with Gasteiger partial charge in [0.05, 0.1) is 33.3 Å². The third-order valence-corrected chi connectivity index (χ3v) is 9.76. The molecule has 6 aromatic carbocycles. The Morgan fingerprint density at radius 3 is 1.90 bits per heavy atom. The molecule has 0 spiro atoms. The van der Waals surface area contributed by atoms with Crippen molar-refractivity contribution >= 4 is 43.7 Å². The molecule has 10 rings (SSSR count). The molecule has 0 aliphatic heterocycles. The van der Waals surface area contributed by atoms with E-state index in [1.807, 2.05) is 18.3 Å². The summed E-state index contributed by atoms with van der Waals surface area (Å²) in [6.45, 7) is 0. The lowest BCUT2D eigenvalue weighted by molar-refractivity contribution is 1.08. The number of para-hydroxylation sites is 3. The van der Waals surface area contributed by atoms with Gasteiger partial charge < -0.3 is 4.57 Å². The Balaban J connectivity index is 1.27. The van der Waals surface area contributed by atoms with Crippen molar-refractivity contribution in [2.75, 3.05) is 0 Å². The summed E-state index contributed by atoms with van der Waals surface area (Å²) < 4.78 is 4.66. The van der Waals surface area contributed by atoms with Crippen molar-refractivity contribution in [1.82, 2.24) is 19.1 Å². The van der Waals surface area contributed by atoms with Crippen LogP contribution in [0, 0.1) is 0 Å². The summed E-state index contributed by atoms with van der Waals surface area (Å²) >= 11 is 0. The molecule has 4 heterocycles. The number of rotatable bonds is 5. The van der Waals surface area contributed by atoms with E-state index >= 15 is 0 Å². The lowest BCUT2D eigenvalue weighted by atomic mass is 10.00. The lowest BCUT2D eigenvalue weighted by Crippen LogP contribution is -2.01. The van der Waals surface area contributed by atoms with Crippen LogP contribution in [0.1, 0.15) is 0 Å². The first-order chi connectivity index (χ1) is 24.8. The fourth-order valence-electron chi connectivity index (χ4n) is 7.53. The minimum atomic E-state index is 0.882. The Kier molecular flexibility index (Phi) is 6.46. The van der Waals surface area contributed by atoms with Crippen LogP contribution in [-0.4, -0.2) is 19.1 Å². The van der Waals surface area contributed by atoms with Crippen LogP contribution in [0.2, 0.25) is 0 Å². The summed E-state index contributed by atoms with van der Waals surface area (Å²) in [6.07, 6.45) is 1.89. The summed E-state index contributed by atoms with van der Waals surface area (Å²) in [5, 5.41) is 3.51. The van der Waals surface area contributed by atoms with Gasteiger partial charge in [-0.3, -0.25) is 9.55 Å². The molecular weight excluding hydrogens is 609 g/mol. The van der Waals surface area contributed by atoms with Gasteiger partial charge in [-0.15, -0.1) is 0 Å². The van der Waals surface area contributed by atoms with E-state index in [9.17, 15) is 0 Å². The highest BCUT2D eigenvalue weighted by molar-refractivity contribution is 6.15. The van der Waals surface area contributed by atoms with Gasteiger partial charge in [-0.2, -0.15) is 0 Å². The van der Waals surface area contributed by atoms with Crippen molar-refractivity contribution in [3.05, 3.63) is 182 Å². The lowest BCUT2D eigenvalue weighted by Gasteiger charge is -2.15. The number of pyridine rings is 2. The van der Waals surface area contributed by atoms with E-state index in [1.165, 1.54) is 10.8 Å². The highest BCUT2D eigenvalue weighted by atomic mass is 15.1. The van der Waals surface area contributed by atoms with Gasteiger partial charge in [-0.25, -0.2) is 4.98 Å². The van der Waals surface area contributed by atoms with E-state index in [4.69, 9.17) is 9.97 Å². The second kappa shape index (κ2) is 11.4. The van der Waals surface area contributed by atoms with Gasteiger partial charge in [0.1, 0.15) is 5.82 Å². The first kappa shape index (κ1) is 28.3. The Bertz CT molecular complexity index is 2790. The van der Waals surface area contributed by atoms with E-state index in [-0.39, 0.29) is 0 Å². The number of hydrogen-bond donors (Lipinski definition) is 0. The minimum Gasteiger partial charge on any atom is -0.308 e. The van der Waals surface area contributed by atoms with Crippen LogP contribution in [0.3, 0.4) is 0 Å². The Labute approximate surface area is 289 Å². The maximum Gasteiger partial charge on any atom is 0.138 e. The molecule has 50 heavy (non-hydrogen) atoms. The van der Waals surface area contributed by atoms with Crippen LogP contribution < -0.4 is 0 Å². The average molecular weight is 639 g/mol. The van der Waals surface area contributed by atoms with Gasteiger partial charge in [-0.05, 0) is 71.3 Å². The van der Waals surface area contributed by atoms with Gasteiger partial charge in [0.25, 0.3) is 0 Å². The van der Waals surface area contributed by atoms with Crippen LogP contribution in [0.4, 0.5) is 0 Å². The zero-order valence-electron chi connectivity index (χ0n) is 27.1. The van der Waals surface area contributed by atoms with Crippen LogP contribution in [0.5, 0.6) is 0 Å². The molecule has 10 aromatic rings. The predicted octanol–water partition coefficient (Wildman–Crippen LogP) is 11.7. The Morgan fingerprint density at radius 1 is 0.400 bits per heavy atom. The van der Waals surface area contributed by atoms with Crippen molar-refractivity contribution < 1.29 is 0 Å². The molecule has 234 valence electrons. The molecule has 0 saturated carbocycles. The normalized spacial score (nSPS) is 11.6. The molecule has 0 aliphatic rings. The van der Waals surface area contributed by atoms with Crippen molar-refractivity contribution in [2.24, 2.45) is 0 Å². The van der Waals surface area contributed by atoms with Crippen molar-refractivity contribution in [1.29, 1.82) is 0 Å². The highest BCUT2D eigenvalue weighted by Crippen LogP contribution is 2.41. The zero-order valence-corrected chi connectivity index (χ0v) is 27.1. The van der Waals surface area contributed by atoms with Crippen LogP contribution in [0.15, 0.2) is 182 Å². The summed E-state index contributed by atoms with van der Waals surface area (Å²) in [5.74, 6) is 0.882. The smallest absolute Gasteiger partial charge is 0.138 e. The van der Waals surface area contributed by atoms with E-state index in [0.717, 1.165) is 78.0 Å². The zero-order chi connectivity index (χ0) is 33.0. The molecule has 0 bridgehead atoms. The highest BCUT2D eigenvalue weighted by Gasteiger charge is 2.20. The number of benzene rings is 6. The molecule has 4 nitrogen and oxygen atoms in total. The molecule has 4 heteroatoms. The van der Waals surface area contributed by atoms with Crippen molar-refractivity contribution in [3.63, 3.8) is 0 Å². The molecule has 0 saturated heterocycles. The number of aromatic nitrogens is 4. The first-order valence-electron chi connectivity index (χ1n) is 16.9. The maximum atomic E-state index is 5.38. The number of fused-ring (bicyclic) bond motifs is 6. The second-order valence-corrected chi connectivity index (χ2v) is 12.7. The van der Waals surface area contributed by atoms with E-state index in [0.29, 0.717) is 0 Å². The Hall–Kier alpha value is -6.78. The summed E-state index contributed by atoms with van der Waals surface area (Å²) in [4.78, 5) is 10.3. The first-order valence-corrected chi connectivity index (χ1v) is 16.9. The minimum absolute atomic E-state index is 0.882. The second-order valence-electron chi connectivity index (χ2n) is 12.7. The van der Waals surface area contributed by atoms with Crippen molar-refractivity contribution in [3.8, 4) is 45.0 Å². The molecule has 0 radical (unpaired) electrons. The fraction of sp³-hybridized carbons (Fsp3) is 0. The monoisotopic (exact) mass is 638 g/mol. The summed E-state index contributed by atoms with van der Waals surface area (Å²) in [6, 6.07) is 62.3. The quantitative estimate of drug-likeness (QED) is 0.188. The van der Waals surface area contributed by atoms with Crippen molar-refractivity contribution in [2.45, 2.75) is 0 Å². The molecule has 0 fully saturated rings. The van der Waals surface area contributed by atoms with Gasteiger partial charge in [0, 0.05) is 39.2 Å². The van der Waals surface area contributed by atoms with Crippen LogP contribution in [0.25, 0.3) is 88.8 Å². The summed E-state index contributed by atoms with van der Waals surface area (Å²) in [5.41, 5.74) is 13.2.